The Labute approximate surface area is 161 Å². The molecule has 3 rings (SSSR count). The normalized spacial score (nSPS) is 14.1. The molecule has 1 saturated heterocycles. The number of ether oxygens (including phenoxy) is 1. The number of carbonyl (C=O) groups is 3. The Morgan fingerprint density at radius 3 is 2.43 bits per heavy atom. The highest BCUT2D eigenvalue weighted by Gasteiger charge is 2.24. The van der Waals surface area contributed by atoms with Crippen molar-refractivity contribution < 1.29 is 27.9 Å². The zero-order valence-electron chi connectivity index (χ0n) is 15.7. The monoisotopic (exact) mass is 388 g/mol. The van der Waals surface area contributed by atoms with Gasteiger partial charge in [0.15, 0.2) is 12.4 Å². The molecule has 1 fully saturated rings. The molecule has 2 aromatic rings. The Hall–Kier alpha value is -3.16. The number of hydrogen-bond acceptors (Lipinski definition) is 6. The number of rotatable bonds is 5. The van der Waals surface area contributed by atoms with E-state index in [9.17, 15) is 18.8 Å². The van der Waals surface area contributed by atoms with E-state index in [2.05, 4.69) is 0 Å². The largest absolute Gasteiger partial charge is 0.469 e. The molecule has 1 aliphatic heterocycles. The van der Waals surface area contributed by atoms with Gasteiger partial charge in [-0.3, -0.25) is 9.59 Å². The summed E-state index contributed by atoms with van der Waals surface area (Å²) in [4.78, 5) is 39.0. The number of carbonyl (C=O) groups excluding carboxylic acids is 3. The quantitative estimate of drug-likeness (QED) is 0.578. The van der Waals surface area contributed by atoms with Gasteiger partial charge in [-0.2, -0.15) is 0 Å². The minimum absolute atomic E-state index is 0.193. The number of esters is 1. The maximum Gasteiger partial charge on any atom is 0.342 e. The number of benzene rings is 1. The number of amides is 1. The lowest BCUT2D eigenvalue weighted by Crippen LogP contribution is -2.50. The van der Waals surface area contributed by atoms with E-state index in [1.165, 1.54) is 25.3 Å². The molecule has 0 aliphatic carbocycles. The first-order chi connectivity index (χ1) is 13.4. The summed E-state index contributed by atoms with van der Waals surface area (Å²) in [5.41, 5.74) is 1.02. The number of aryl methyl sites for hydroxylation is 1. The van der Waals surface area contributed by atoms with Gasteiger partial charge in [-0.05, 0) is 38.1 Å². The molecule has 0 spiro atoms. The minimum Gasteiger partial charge on any atom is -0.469 e. The highest BCUT2D eigenvalue weighted by molar-refractivity contribution is 5.94. The molecule has 0 N–H and O–H groups in total. The van der Waals surface area contributed by atoms with Gasteiger partial charge in [-0.25, -0.2) is 9.18 Å². The van der Waals surface area contributed by atoms with Crippen LogP contribution in [0.4, 0.5) is 10.1 Å². The third kappa shape index (κ3) is 4.21. The number of hydrogen-bond donors (Lipinski definition) is 0. The Kier molecular flexibility index (Phi) is 5.77. The van der Waals surface area contributed by atoms with Crippen molar-refractivity contribution >= 4 is 23.3 Å². The van der Waals surface area contributed by atoms with Gasteiger partial charge in [0.2, 0.25) is 0 Å². The van der Waals surface area contributed by atoms with E-state index in [-0.39, 0.29) is 18.3 Å². The van der Waals surface area contributed by atoms with E-state index < -0.39 is 11.8 Å². The Bertz CT molecular complexity index is 900. The van der Waals surface area contributed by atoms with E-state index in [1.54, 1.807) is 24.0 Å². The highest BCUT2D eigenvalue weighted by atomic mass is 19.1. The van der Waals surface area contributed by atoms with Crippen LogP contribution in [0.15, 0.2) is 34.9 Å². The molecule has 28 heavy (non-hydrogen) atoms. The molecule has 0 saturated carbocycles. The molecule has 1 aliphatic rings. The van der Waals surface area contributed by atoms with Crippen LogP contribution in [0.25, 0.3) is 0 Å². The predicted molar refractivity (Wildman–Crippen MR) is 98.9 cm³/mol. The number of ketones is 1. The number of nitrogens with zero attached hydrogens (tertiary/aromatic N) is 2. The van der Waals surface area contributed by atoms with E-state index in [0.717, 1.165) is 0 Å². The Balaban J connectivity index is 1.52. The zero-order chi connectivity index (χ0) is 20.3. The fraction of sp³-hybridized carbons (Fsp3) is 0.350. The van der Waals surface area contributed by atoms with Crippen molar-refractivity contribution in [2.24, 2.45) is 0 Å². The zero-order valence-corrected chi connectivity index (χ0v) is 15.7. The first-order valence-electron chi connectivity index (χ1n) is 8.91. The molecule has 2 heterocycles. The van der Waals surface area contributed by atoms with Gasteiger partial charge in [0.05, 0.1) is 12.0 Å². The van der Waals surface area contributed by atoms with Crippen molar-refractivity contribution in [3.63, 3.8) is 0 Å². The van der Waals surface area contributed by atoms with Crippen LogP contribution >= 0.6 is 0 Å². The average Bonchev–Trinajstić information content (AvgIpc) is 3.12. The van der Waals surface area contributed by atoms with Gasteiger partial charge in [0, 0.05) is 31.7 Å². The Morgan fingerprint density at radius 2 is 1.86 bits per heavy atom. The summed E-state index contributed by atoms with van der Waals surface area (Å²) in [7, 11) is 0. The molecule has 1 aromatic carbocycles. The van der Waals surface area contributed by atoms with Crippen LogP contribution in [0.3, 0.4) is 0 Å². The number of furan rings is 1. The van der Waals surface area contributed by atoms with Gasteiger partial charge >= 0.3 is 5.97 Å². The number of Topliss-reactive ketones (excluding diaryl/α,β-unsaturated/α-hetero) is 1. The molecule has 0 radical (unpaired) electrons. The van der Waals surface area contributed by atoms with Crippen LogP contribution in [-0.4, -0.2) is 55.3 Å². The molecule has 0 bridgehead atoms. The van der Waals surface area contributed by atoms with E-state index >= 15 is 0 Å². The summed E-state index contributed by atoms with van der Waals surface area (Å²) >= 11 is 0. The summed E-state index contributed by atoms with van der Waals surface area (Å²) in [5.74, 6) is -1.13. The van der Waals surface area contributed by atoms with Crippen molar-refractivity contribution in [3.8, 4) is 0 Å². The smallest absolute Gasteiger partial charge is 0.342 e. The summed E-state index contributed by atoms with van der Waals surface area (Å²) in [6.07, 6.45) is 1.38. The number of piperazine rings is 1. The van der Waals surface area contributed by atoms with Gasteiger partial charge in [0.1, 0.15) is 17.1 Å². The molecule has 8 heteroatoms. The van der Waals surface area contributed by atoms with Crippen molar-refractivity contribution in [2.75, 3.05) is 37.7 Å². The molecule has 0 atom stereocenters. The van der Waals surface area contributed by atoms with Gasteiger partial charge < -0.3 is 19.0 Å². The van der Waals surface area contributed by atoms with E-state index in [4.69, 9.17) is 9.15 Å². The standard InChI is InChI=1S/C20H21FN2O5/c1-13(24)15-3-4-18(17(21)11-15)22-6-8-23(9-7-22)19(25)12-28-20(26)16-5-10-27-14(16)2/h3-5,10-11H,6-9,12H2,1-2H3. The fourth-order valence-electron chi connectivity index (χ4n) is 3.07. The van der Waals surface area contributed by atoms with Gasteiger partial charge in [-0.15, -0.1) is 0 Å². The first-order valence-corrected chi connectivity index (χ1v) is 8.91. The molecule has 148 valence electrons. The van der Waals surface area contributed by atoms with Crippen LogP contribution < -0.4 is 4.90 Å². The van der Waals surface area contributed by atoms with Crippen LogP contribution in [0.2, 0.25) is 0 Å². The third-order valence-electron chi connectivity index (χ3n) is 4.73. The van der Waals surface area contributed by atoms with Crippen molar-refractivity contribution in [1.29, 1.82) is 0 Å². The molecular formula is C20H21FN2O5. The summed E-state index contributed by atoms with van der Waals surface area (Å²) in [5, 5.41) is 0. The second-order valence-electron chi connectivity index (χ2n) is 6.56. The number of anilines is 1. The summed E-state index contributed by atoms with van der Waals surface area (Å²) in [6, 6.07) is 5.90. The molecule has 1 aromatic heterocycles. The average molecular weight is 388 g/mol. The van der Waals surface area contributed by atoms with E-state index in [0.29, 0.717) is 48.8 Å². The van der Waals surface area contributed by atoms with Crippen LogP contribution in [-0.2, 0) is 9.53 Å². The van der Waals surface area contributed by atoms with Crippen LogP contribution in [0, 0.1) is 12.7 Å². The molecule has 0 unspecified atom stereocenters. The minimum atomic E-state index is -0.606. The SMILES string of the molecule is CC(=O)c1ccc(N2CCN(C(=O)COC(=O)c3ccoc3C)CC2)c(F)c1. The maximum absolute atomic E-state index is 14.3. The van der Waals surface area contributed by atoms with Crippen molar-refractivity contribution in [1.82, 2.24) is 4.90 Å². The Morgan fingerprint density at radius 1 is 1.14 bits per heavy atom. The topological polar surface area (TPSA) is 80.1 Å². The first kappa shape index (κ1) is 19.6. The van der Waals surface area contributed by atoms with Gasteiger partial charge in [0.25, 0.3) is 5.91 Å². The second-order valence-corrected chi connectivity index (χ2v) is 6.56. The summed E-state index contributed by atoms with van der Waals surface area (Å²) in [6.45, 7) is 4.32. The third-order valence-corrected chi connectivity index (χ3v) is 4.73. The summed E-state index contributed by atoms with van der Waals surface area (Å²) < 4.78 is 24.4. The highest BCUT2D eigenvalue weighted by Crippen LogP contribution is 2.22. The lowest BCUT2D eigenvalue weighted by molar-refractivity contribution is -0.134. The fourth-order valence-corrected chi connectivity index (χ4v) is 3.07. The van der Waals surface area contributed by atoms with E-state index in [1.807, 2.05) is 4.90 Å². The lowest BCUT2D eigenvalue weighted by atomic mass is 10.1. The van der Waals surface area contributed by atoms with Crippen molar-refractivity contribution in [2.45, 2.75) is 13.8 Å². The predicted octanol–water partition coefficient (Wildman–Crippen LogP) is 2.44. The maximum atomic E-state index is 14.3. The molecule has 7 nitrogen and oxygen atoms in total. The second kappa shape index (κ2) is 8.24. The van der Waals surface area contributed by atoms with Crippen molar-refractivity contribution in [3.05, 3.63) is 53.2 Å². The lowest BCUT2D eigenvalue weighted by Gasteiger charge is -2.36. The van der Waals surface area contributed by atoms with Gasteiger partial charge in [-0.1, -0.05) is 0 Å². The van der Waals surface area contributed by atoms with Crippen LogP contribution in [0.5, 0.6) is 0 Å². The molecule has 1 amide bonds. The number of halogens is 1. The molecular weight excluding hydrogens is 367 g/mol. The van der Waals surface area contributed by atoms with Crippen LogP contribution in [0.1, 0.15) is 33.4 Å².